The van der Waals surface area contributed by atoms with Gasteiger partial charge in [0.25, 0.3) is 5.91 Å². The van der Waals surface area contributed by atoms with Crippen molar-refractivity contribution in [3.8, 4) is 0 Å². The second-order valence-electron chi connectivity index (χ2n) is 17.5. The fourth-order valence-corrected chi connectivity index (χ4v) is 10.3. The summed E-state index contributed by atoms with van der Waals surface area (Å²) in [7, 11) is 2.53. The number of halogens is 4. The Hall–Kier alpha value is -5.22. The minimum Gasteiger partial charge on any atom is -0.545 e. The van der Waals surface area contributed by atoms with Crippen molar-refractivity contribution in [1.29, 1.82) is 0 Å². The number of nitrogens with one attached hydrogen (secondary N) is 1. The predicted molar refractivity (Wildman–Crippen MR) is 289 cm³/mol. The molecule has 4 aromatic heterocycles. The number of ether oxygens (including phenoxy) is 2. The average Bonchev–Trinajstić information content (AvgIpc) is 3.42. The van der Waals surface area contributed by atoms with Crippen LogP contribution in [0, 0.1) is 0 Å². The van der Waals surface area contributed by atoms with Crippen LogP contribution in [-0.4, -0.2) is 172 Å². The summed E-state index contributed by atoms with van der Waals surface area (Å²) >= 11 is 24.0. The quantitative estimate of drug-likeness (QED) is 0.0849. The Labute approximate surface area is 473 Å². The molecule has 4 aromatic rings. The summed E-state index contributed by atoms with van der Waals surface area (Å²) in [6.45, 7) is 12.6. The number of nitrogen functional groups attached to an aromatic ring is 4. The molecular formula is C47H69Cl4LiN16O7. The van der Waals surface area contributed by atoms with Crippen LogP contribution < -0.4 is 62.0 Å². The van der Waals surface area contributed by atoms with Crippen LogP contribution in [0.4, 0.5) is 34.9 Å². The zero-order chi connectivity index (χ0) is 55.1. The van der Waals surface area contributed by atoms with Gasteiger partial charge in [-0.15, -0.1) is 0 Å². The molecule has 0 aliphatic carbocycles. The first-order valence-electron chi connectivity index (χ1n) is 24.8. The van der Waals surface area contributed by atoms with Crippen LogP contribution in [0.25, 0.3) is 0 Å². The molecule has 28 heteroatoms. The van der Waals surface area contributed by atoms with Gasteiger partial charge in [0.15, 0.2) is 45.0 Å². The Morgan fingerprint density at radius 2 is 1.05 bits per heavy atom. The molecule has 1 amide bonds. The molecule has 4 saturated heterocycles. The van der Waals surface area contributed by atoms with E-state index in [2.05, 4.69) is 73.4 Å². The van der Waals surface area contributed by atoms with E-state index in [0.717, 1.165) is 65.0 Å². The van der Waals surface area contributed by atoms with Crippen LogP contribution >= 0.6 is 46.4 Å². The zero-order valence-corrected chi connectivity index (χ0v) is 45.1. The van der Waals surface area contributed by atoms with E-state index in [-0.39, 0.29) is 100 Å². The van der Waals surface area contributed by atoms with Gasteiger partial charge >= 0.3 is 30.8 Å². The van der Waals surface area contributed by atoms with Crippen molar-refractivity contribution >= 4 is 105 Å². The number of carbonyl (C=O) groups is 4. The van der Waals surface area contributed by atoms with Crippen molar-refractivity contribution in [2.75, 3.05) is 112 Å². The molecule has 2 atom stereocenters. The largest absolute Gasteiger partial charge is 1.00 e. The summed E-state index contributed by atoms with van der Waals surface area (Å²) in [5.74, 6) is -1.71. The van der Waals surface area contributed by atoms with Gasteiger partial charge in [0, 0.05) is 86.5 Å². The van der Waals surface area contributed by atoms with Gasteiger partial charge in [0.2, 0.25) is 0 Å². The molecule has 23 nitrogen and oxygen atoms in total. The SMILES string of the molecule is C.CC[C@H]1CN(c2nc(N)c(C(=O)OC)nc2Cl)CCN1C1CCN(C(=O)c2ccc(Cl)nc2N)CC1.CC[C@H]1CN(c2nc(N)c(C(=O)OC)nc2Cl)CCN1C1CCNCC1.Nc1nc(Cl)ccc1C(=O)[O-].[2HH].[2H][2H].[Li+]. The summed E-state index contributed by atoms with van der Waals surface area (Å²) in [4.78, 5) is 82.4. The maximum Gasteiger partial charge on any atom is 1.00 e. The van der Waals surface area contributed by atoms with Gasteiger partial charge in [0.1, 0.15) is 21.9 Å². The molecule has 0 bridgehead atoms. The van der Waals surface area contributed by atoms with Gasteiger partial charge in [0.05, 0.1) is 25.8 Å². The number of piperidine rings is 2. The summed E-state index contributed by atoms with van der Waals surface area (Å²) in [6.07, 6.45) is 6.11. The van der Waals surface area contributed by atoms with Gasteiger partial charge < -0.3 is 62.3 Å². The molecule has 0 saturated carbocycles. The van der Waals surface area contributed by atoms with Crippen molar-refractivity contribution in [2.24, 2.45) is 0 Å². The Bertz CT molecular complexity index is 2640. The van der Waals surface area contributed by atoms with E-state index in [0.29, 0.717) is 61.5 Å². The molecule has 8 rings (SSSR count). The molecular weight excluding hydrogens is 1050 g/mol. The second kappa shape index (κ2) is 28.8. The van der Waals surface area contributed by atoms with Gasteiger partial charge in [-0.05, 0) is 75.9 Å². The van der Waals surface area contributed by atoms with Crippen LogP contribution in [0.1, 0.15) is 106 Å². The molecule has 75 heavy (non-hydrogen) atoms. The number of hydrogen-bond donors (Lipinski definition) is 5. The topological polar surface area (TPSA) is 319 Å². The van der Waals surface area contributed by atoms with Crippen LogP contribution in [-0.2, 0) is 9.47 Å². The molecule has 0 spiro atoms. The third kappa shape index (κ3) is 15.5. The van der Waals surface area contributed by atoms with E-state index in [1.165, 1.54) is 39.2 Å². The van der Waals surface area contributed by atoms with E-state index in [9.17, 15) is 24.3 Å². The third-order valence-corrected chi connectivity index (χ3v) is 14.2. The maximum absolute atomic E-state index is 13.0. The fourth-order valence-electron chi connectivity index (χ4n) is 9.51. The minimum atomic E-state index is -1.35. The minimum absolute atomic E-state index is 0. The number of amides is 1. The average molecular weight is 1120 g/mol. The number of piperazine rings is 2. The Morgan fingerprint density at radius 3 is 1.44 bits per heavy atom. The van der Waals surface area contributed by atoms with E-state index in [4.69, 9.17) is 77.0 Å². The number of likely N-dealkylation sites (tertiary alicyclic amines) is 1. The number of aromatic carboxylic acids is 1. The molecule has 4 fully saturated rings. The van der Waals surface area contributed by atoms with Crippen molar-refractivity contribution in [3.63, 3.8) is 0 Å². The van der Waals surface area contributed by atoms with Crippen LogP contribution in [0.15, 0.2) is 24.3 Å². The first-order chi connectivity index (χ1) is 35.9. The third-order valence-electron chi connectivity index (χ3n) is 13.3. The van der Waals surface area contributed by atoms with Crippen molar-refractivity contribution in [2.45, 2.75) is 84.0 Å². The number of anilines is 6. The number of rotatable bonds is 10. The van der Waals surface area contributed by atoms with Crippen molar-refractivity contribution < 1.29 is 57.0 Å². The predicted octanol–water partition coefficient (Wildman–Crippen LogP) is 1.30. The molecule has 408 valence electrons. The molecule has 8 heterocycles. The standard InChI is InChI=1S/C23H30Cl2N8O3.C17H27ClN6O2.C6H5ClN2O2.CH4.Li.2H2/c1-3-13-12-32(21-18(25)29-17(20(27)30-21)23(35)36-2)10-11-33(13)14-6-8-31(9-7-14)22(34)15-4-5-16(24)28-19(15)26;1-3-11-10-23(8-9-24(11)12-4-6-20-7-5-12)16-14(18)21-13(15(19)22-16)17(25)26-2;7-4-2-1-3(6(10)11)5(8)9-4;;;;/h4-5,13-14H,3,6-12H2,1-2H3,(H2,26,28)(H2,27,30);11-12,20H,3-10H2,1-2H3,(H2,19,22);1-2H,(H2,8,9)(H,10,11);1H4;;2*1H/q;;;;+1;;/p-1/t13-;11-;;;;;/m00...../s1/i;;;;;1+1D;1+1. The summed E-state index contributed by atoms with van der Waals surface area (Å²) in [5.41, 5.74) is 23.1. The fraction of sp³-hybridized carbons (Fsp3) is 0.532. The van der Waals surface area contributed by atoms with Gasteiger partial charge in [-0.25, -0.2) is 39.5 Å². The molecule has 0 unspecified atom stereocenters. The molecule has 0 radical (unpaired) electrons. The van der Waals surface area contributed by atoms with E-state index < -0.39 is 17.9 Å². The summed E-state index contributed by atoms with van der Waals surface area (Å²) in [6, 6.07) is 7.49. The Kier molecular flexibility index (Phi) is 23.3. The number of nitrogens with two attached hydrogens (primary N) is 4. The number of carbonyl (C=O) groups excluding carboxylic acids is 4. The number of carboxylic acid groups (broad SMARTS) is 1. The maximum atomic E-state index is 13.0. The number of hydrogen-bond acceptors (Lipinski definition) is 22. The molecule has 9 N–H and O–H groups in total. The number of esters is 2. The molecule has 0 aromatic carbocycles. The summed E-state index contributed by atoms with van der Waals surface area (Å²) in [5, 5.41) is 14.4. The Morgan fingerprint density at radius 1 is 0.640 bits per heavy atom. The van der Waals surface area contributed by atoms with Crippen LogP contribution in [0.3, 0.4) is 0 Å². The van der Waals surface area contributed by atoms with Gasteiger partial charge in [-0.2, -0.15) is 0 Å². The first-order valence-corrected chi connectivity index (χ1v) is 25.3. The number of aromatic nitrogens is 6. The van der Waals surface area contributed by atoms with Crippen LogP contribution in [0.5, 0.6) is 0 Å². The van der Waals surface area contributed by atoms with Gasteiger partial charge in [-0.1, -0.05) is 67.7 Å². The number of methoxy groups -OCH3 is 2. The van der Waals surface area contributed by atoms with Crippen LogP contribution in [0.2, 0.25) is 20.6 Å². The molecule has 4 aliphatic rings. The van der Waals surface area contributed by atoms with Gasteiger partial charge in [-0.3, -0.25) is 14.6 Å². The van der Waals surface area contributed by atoms with Crippen molar-refractivity contribution in [3.05, 3.63) is 67.4 Å². The number of nitrogens with zero attached hydrogens (tertiary/aromatic N) is 11. The van der Waals surface area contributed by atoms with E-state index >= 15 is 0 Å². The smallest absolute Gasteiger partial charge is 0.545 e. The number of carboxylic acids is 1. The second-order valence-corrected chi connectivity index (χ2v) is 19.0. The molecule has 4 aliphatic heterocycles. The van der Waals surface area contributed by atoms with Crippen molar-refractivity contribution in [1.82, 2.24) is 49.9 Å². The summed E-state index contributed by atoms with van der Waals surface area (Å²) < 4.78 is 19.4. The monoisotopic (exact) mass is 1120 g/mol. The first kappa shape index (κ1) is 60.6. The normalized spacial score (nSPS) is 18.6. The Balaban J connectivity index is 0.000000433. The number of pyridine rings is 2. The zero-order valence-electron chi connectivity index (χ0n) is 44.0. The van der Waals surface area contributed by atoms with E-state index in [1.54, 1.807) is 12.1 Å². The van der Waals surface area contributed by atoms with E-state index in [1.807, 2.05) is 4.90 Å².